The normalized spacial score (nSPS) is 22.2. The molecule has 0 spiro atoms. The molecular formula is C15H18N4O3S. The van der Waals surface area contributed by atoms with Gasteiger partial charge in [-0.2, -0.15) is 9.40 Å². The smallest absolute Gasteiger partial charge is 0.243 e. The first-order valence-electron chi connectivity index (χ1n) is 7.73. The van der Waals surface area contributed by atoms with Crippen LogP contribution in [0.15, 0.2) is 29.4 Å². The van der Waals surface area contributed by atoms with Crippen LogP contribution in [0.1, 0.15) is 29.5 Å². The van der Waals surface area contributed by atoms with Crippen LogP contribution in [0.3, 0.4) is 0 Å². The third-order valence-electron chi connectivity index (χ3n) is 4.48. The molecule has 7 nitrogen and oxygen atoms in total. The Bertz CT molecular complexity index is 804. The third kappa shape index (κ3) is 2.66. The van der Waals surface area contributed by atoms with Crippen molar-refractivity contribution in [2.45, 2.75) is 30.3 Å². The number of aromatic nitrogens is 3. The van der Waals surface area contributed by atoms with Crippen molar-refractivity contribution in [3.05, 3.63) is 41.5 Å². The van der Waals surface area contributed by atoms with Crippen LogP contribution in [0.2, 0.25) is 0 Å². The van der Waals surface area contributed by atoms with Gasteiger partial charge in [0.05, 0.1) is 11.5 Å². The van der Waals surface area contributed by atoms with Crippen LogP contribution in [0.25, 0.3) is 0 Å². The standard InChI is InChI=1S/C15H18N4O3S/c20-23(21,13-5-4-11-2-1-3-12(11)8-13)19-6-7-22-14(9-19)15-16-10-17-18-15/h4-5,8,10,14H,1-3,6-7,9H2,(H,16,17,18). The van der Waals surface area contributed by atoms with E-state index in [1.807, 2.05) is 12.1 Å². The van der Waals surface area contributed by atoms with Crippen LogP contribution < -0.4 is 0 Å². The summed E-state index contributed by atoms with van der Waals surface area (Å²) in [5, 5.41) is 6.54. The number of morpholine rings is 1. The van der Waals surface area contributed by atoms with Crippen molar-refractivity contribution in [3.8, 4) is 0 Å². The summed E-state index contributed by atoms with van der Waals surface area (Å²) in [5.74, 6) is 0.554. The highest BCUT2D eigenvalue weighted by molar-refractivity contribution is 7.89. The van der Waals surface area contributed by atoms with E-state index >= 15 is 0 Å². The van der Waals surface area contributed by atoms with Gasteiger partial charge in [0.25, 0.3) is 0 Å². The maximum absolute atomic E-state index is 12.9. The molecule has 0 amide bonds. The predicted molar refractivity (Wildman–Crippen MR) is 82.3 cm³/mol. The topological polar surface area (TPSA) is 88.2 Å². The van der Waals surface area contributed by atoms with Crippen molar-refractivity contribution in [2.24, 2.45) is 0 Å². The molecule has 23 heavy (non-hydrogen) atoms. The molecule has 1 fully saturated rings. The van der Waals surface area contributed by atoms with Crippen molar-refractivity contribution in [3.63, 3.8) is 0 Å². The summed E-state index contributed by atoms with van der Waals surface area (Å²) < 4.78 is 32.9. The Morgan fingerprint density at radius 3 is 2.96 bits per heavy atom. The Kier molecular flexibility index (Phi) is 3.67. The molecule has 1 aliphatic carbocycles. The Morgan fingerprint density at radius 1 is 1.26 bits per heavy atom. The molecule has 0 bridgehead atoms. The summed E-state index contributed by atoms with van der Waals surface area (Å²) in [6.07, 6.45) is 4.09. The number of sulfonamides is 1. The Morgan fingerprint density at radius 2 is 2.13 bits per heavy atom. The molecular weight excluding hydrogens is 316 g/mol. The van der Waals surface area contributed by atoms with Gasteiger partial charge in [-0.05, 0) is 42.5 Å². The second-order valence-corrected chi connectivity index (χ2v) is 7.82. The number of aromatic amines is 1. The molecule has 1 aromatic carbocycles. The first kappa shape index (κ1) is 14.8. The fourth-order valence-corrected chi connectivity index (χ4v) is 4.71. The monoisotopic (exact) mass is 334 g/mol. The largest absolute Gasteiger partial charge is 0.367 e. The molecule has 2 aliphatic rings. The molecule has 122 valence electrons. The number of benzene rings is 1. The molecule has 1 aromatic heterocycles. The van der Waals surface area contributed by atoms with E-state index < -0.39 is 16.1 Å². The lowest BCUT2D eigenvalue weighted by Crippen LogP contribution is -2.42. The molecule has 1 aliphatic heterocycles. The van der Waals surface area contributed by atoms with E-state index in [1.54, 1.807) is 6.07 Å². The highest BCUT2D eigenvalue weighted by atomic mass is 32.2. The van der Waals surface area contributed by atoms with Gasteiger partial charge in [-0.1, -0.05) is 6.07 Å². The maximum atomic E-state index is 12.9. The molecule has 2 heterocycles. The number of ether oxygens (including phenoxy) is 1. The summed E-state index contributed by atoms with van der Waals surface area (Å²) in [6.45, 7) is 0.939. The minimum Gasteiger partial charge on any atom is -0.367 e. The number of nitrogens with zero attached hydrogens (tertiary/aromatic N) is 3. The van der Waals surface area contributed by atoms with E-state index in [1.165, 1.54) is 16.2 Å². The van der Waals surface area contributed by atoms with E-state index in [-0.39, 0.29) is 6.54 Å². The number of hydrogen-bond donors (Lipinski definition) is 1. The minimum absolute atomic E-state index is 0.245. The van der Waals surface area contributed by atoms with Crippen molar-refractivity contribution in [1.29, 1.82) is 0 Å². The maximum Gasteiger partial charge on any atom is 0.243 e. The fourth-order valence-electron chi connectivity index (χ4n) is 3.24. The first-order valence-corrected chi connectivity index (χ1v) is 9.17. The first-order chi connectivity index (χ1) is 11.1. The van der Waals surface area contributed by atoms with Gasteiger partial charge in [-0.25, -0.2) is 13.4 Å². The van der Waals surface area contributed by atoms with Gasteiger partial charge in [-0.15, -0.1) is 0 Å². The van der Waals surface area contributed by atoms with Crippen LogP contribution in [0.5, 0.6) is 0 Å². The van der Waals surface area contributed by atoms with Crippen molar-refractivity contribution in [1.82, 2.24) is 19.5 Å². The number of H-pyrrole nitrogens is 1. The Hall–Kier alpha value is -1.77. The van der Waals surface area contributed by atoms with Crippen molar-refractivity contribution in [2.75, 3.05) is 19.7 Å². The predicted octanol–water partition coefficient (Wildman–Crippen LogP) is 1.06. The average Bonchev–Trinajstić information content (AvgIpc) is 3.25. The van der Waals surface area contributed by atoms with Crippen LogP contribution >= 0.6 is 0 Å². The van der Waals surface area contributed by atoms with Gasteiger partial charge >= 0.3 is 0 Å². The summed E-state index contributed by atoms with van der Waals surface area (Å²) in [4.78, 5) is 4.43. The summed E-state index contributed by atoms with van der Waals surface area (Å²) in [5.41, 5.74) is 2.43. The summed E-state index contributed by atoms with van der Waals surface area (Å²) in [6, 6.07) is 5.50. The fraction of sp³-hybridized carbons (Fsp3) is 0.467. The molecule has 4 rings (SSSR count). The zero-order valence-electron chi connectivity index (χ0n) is 12.6. The number of rotatable bonds is 3. The molecule has 1 unspecified atom stereocenters. The third-order valence-corrected chi connectivity index (χ3v) is 6.34. The van der Waals surface area contributed by atoms with Gasteiger partial charge in [-0.3, -0.25) is 5.10 Å². The highest BCUT2D eigenvalue weighted by Crippen LogP contribution is 2.28. The van der Waals surface area contributed by atoms with E-state index in [0.717, 1.165) is 24.8 Å². The van der Waals surface area contributed by atoms with Crippen molar-refractivity contribution >= 4 is 10.0 Å². The van der Waals surface area contributed by atoms with Gasteiger partial charge in [0.15, 0.2) is 5.82 Å². The van der Waals surface area contributed by atoms with Crippen molar-refractivity contribution < 1.29 is 13.2 Å². The molecule has 0 radical (unpaired) electrons. The zero-order valence-corrected chi connectivity index (χ0v) is 13.4. The molecule has 8 heteroatoms. The van der Waals surface area contributed by atoms with E-state index in [2.05, 4.69) is 15.2 Å². The van der Waals surface area contributed by atoms with Crippen LogP contribution in [0, 0.1) is 0 Å². The molecule has 1 N–H and O–H groups in total. The van der Waals surface area contributed by atoms with Crippen LogP contribution in [-0.4, -0.2) is 47.6 Å². The summed E-state index contributed by atoms with van der Waals surface area (Å²) >= 11 is 0. The van der Waals surface area contributed by atoms with Gasteiger partial charge < -0.3 is 4.74 Å². The van der Waals surface area contributed by atoms with Gasteiger partial charge in [0, 0.05) is 13.1 Å². The van der Waals surface area contributed by atoms with Gasteiger partial charge in [0.2, 0.25) is 10.0 Å². The second kappa shape index (κ2) is 5.70. The van der Waals surface area contributed by atoms with Gasteiger partial charge in [0.1, 0.15) is 12.4 Å². The summed E-state index contributed by atoms with van der Waals surface area (Å²) in [7, 11) is -3.52. The molecule has 1 atom stereocenters. The molecule has 0 saturated carbocycles. The zero-order chi connectivity index (χ0) is 15.9. The lowest BCUT2D eigenvalue weighted by Gasteiger charge is -2.31. The minimum atomic E-state index is -3.52. The Labute approximate surface area is 134 Å². The number of fused-ring (bicyclic) bond motifs is 1. The van der Waals surface area contributed by atoms with Crippen LogP contribution in [-0.2, 0) is 27.6 Å². The quantitative estimate of drug-likeness (QED) is 0.906. The Balaban J connectivity index is 1.60. The highest BCUT2D eigenvalue weighted by Gasteiger charge is 2.33. The number of aryl methyl sites for hydroxylation is 2. The van der Waals surface area contributed by atoms with Crippen LogP contribution in [0.4, 0.5) is 0 Å². The number of nitrogens with one attached hydrogen (secondary N) is 1. The molecule has 1 saturated heterocycles. The van der Waals surface area contributed by atoms with E-state index in [4.69, 9.17) is 4.74 Å². The average molecular weight is 334 g/mol. The van der Waals surface area contributed by atoms with E-state index in [0.29, 0.717) is 23.9 Å². The number of hydrogen-bond acceptors (Lipinski definition) is 5. The van der Waals surface area contributed by atoms with E-state index in [9.17, 15) is 8.42 Å². The lowest BCUT2D eigenvalue weighted by atomic mass is 10.1. The SMILES string of the molecule is O=S(=O)(c1ccc2c(c1)CCC2)N1CCOC(c2ncn[nH]2)C1. The lowest BCUT2D eigenvalue weighted by molar-refractivity contribution is -0.00732. The molecule has 2 aromatic rings. The second-order valence-electron chi connectivity index (χ2n) is 5.88.